The van der Waals surface area contributed by atoms with Crippen molar-refractivity contribution in [2.24, 2.45) is 0 Å². The number of halogens is 2. The largest absolute Gasteiger partial charge is 0.256 e. The molecule has 16 heavy (non-hydrogen) atoms. The van der Waals surface area contributed by atoms with Gasteiger partial charge in [0.1, 0.15) is 0 Å². The van der Waals surface area contributed by atoms with Gasteiger partial charge in [0.2, 0.25) is 0 Å². The van der Waals surface area contributed by atoms with Gasteiger partial charge < -0.3 is 0 Å². The lowest BCUT2D eigenvalue weighted by atomic mass is 10.0. The Hall–Kier alpha value is -0.410. The van der Waals surface area contributed by atoms with Gasteiger partial charge in [-0.05, 0) is 37.0 Å². The number of nitrogens with zero attached hydrogens (tertiary/aromatic N) is 1. The Balaban J connectivity index is 0.00000128. The Kier molecular flexibility index (Phi) is 5.99. The SMILES string of the molecule is Br.BrCCCCc1ccnc2ccccc12. The Morgan fingerprint density at radius 3 is 2.69 bits per heavy atom. The van der Waals surface area contributed by atoms with E-state index in [1.54, 1.807) is 0 Å². The van der Waals surface area contributed by atoms with Gasteiger partial charge in [-0.25, -0.2) is 0 Å². The third-order valence-electron chi connectivity index (χ3n) is 2.57. The average molecular weight is 345 g/mol. The monoisotopic (exact) mass is 343 g/mol. The van der Waals surface area contributed by atoms with E-state index in [4.69, 9.17) is 0 Å². The smallest absolute Gasteiger partial charge is 0.0704 e. The Labute approximate surface area is 115 Å². The van der Waals surface area contributed by atoms with E-state index in [-0.39, 0.29) is 17.0 Å². The van der Waals surface area contributed by atoms with Crippen LogP contribution in [0.4, 0.5) is 0 Å². The lowest BCUT2D eigenvalue weighted by Crippen LogP contribution is -1.89. The maximum Gasteiger partial charge on any atom is 0.0704 e. The second-order valence-corrected chi connectivity index (χ2v) is 4.43. The van der Waals surface area contributed by atoms with Crippen molar-refractivity contribution < 1.29 is 0 Å². The third-order valence-corrected chi connectivity index (χ3v) is 3.13. The number of para-hydroxylation sites is 1. The fourth-order valence-corrected chi connectivity index (χ4v) is 2.18. The quantitative estimate of drug-likeness (QED) is 0.586. The van der Waals surface area contributed by atoms with E-state index in [2.05, 4.69) is 45.2 Å². The number of aryl methyl sites for hydroxylation is 1. The molecular weight excluding hydrogens is 330 g/mol. The normalized spacial score (nSPS) is 10.1. The van der Waals surface area contributed by atoms with E-state index in [1.165, 1.54) is 23.8 Å². The fourth-order valence-electron chi connectivity index (χ4n) is 1.78. The van der Waals surface area contributed by atoms with Gasteiger partial charge in [-0.2, -0.15) is 0 Å². The van der Waals surface area contributed by atoms with Crippen molar-refractivity contribution in [1.82, 2.24) is 4.98 Å². The van der Waals surface area contributed by atoms with Gasteiger partial charge in [-0.1, -0.05) is 34.1 Å². The van der Waals surface area contributed by atoms with Gasteiger partial charge in [-0.3, -0.25) is 4.98 Å². The molecule has 0 unspecified atom stereocenters. The summed E-state index contributed by atoms with van der Waals surface area (Å²) in [5, 5.41) is 2.39. The van der Waals surface area contributed by atoms with Crippen molar-refractivity contribution >= 4 is 43.8 Å². The molecule has 0 amide bonds. The van der Waals surface area contributed by atoms with Crippen molar-refractivity contribution in [3.63, 3.8) is 0 Å². The van der Waals surface area contributed by atoms with Crippen LogP contribution in [0.25, 0.3) is 10.9 Å². The van der Waals surface area contributed by atoms with Crippen LogP contribution in [0, 0.1) is 0 Å². The highest BCUT2D eigenvalue weighted by Crippen LogP contribution is 2.18. The highest BCUT2D eigenvalue weighted by molar-refractivity contribution is 9.09. The minimum atomic E-state index is 0. The lowest BCUT2D eigenvalue weighted by molar-refractivity contribution is 0.809. The number of unbranched alkanes of at least 4 members (excludes halogenated alkanes) is 1. The van der Waals surface area contributed by atoms with Crippen LogP contribution in [0.15, 0.2) is 36.5 Å². The molecule has 0 radical (unpaired) electrons. The molecule has 0 saturated carbocycles. The van der Waals surface area contributed by atoms with E-state index >= 15 is 0 Å². The summed E-state index contributed by atoms with van der Waals surface area (Å²) < 4.78 is 0. The number of hydrogen-bond donors (Lipinski definition) is 0. The zero-order valence-corrected chi connectivity index (χ0v) is 12.3. The van der Waals surface area contributed by atoms with Gasteiger partial charge in [0.15, 0.2) is 0 Å². The molecule has 0 spiro atoms. The van der Waals surface area contributed by atoms with Gasteiger partial charge in [0, 0.05) is 16.9 Å². The summed E-state index contributed by atoms with van der Waals surface area (Å²) in [4.78, 5) is 4.36. The molecule has 0 aliphatic carbocycles. The summed E-state index contributed by atoms with van der Waals surface area (Å²) in [5.74, 6) is 0. The van der Waals surface area contributed by atoms with Crippen molar-refractivity contribution in [3.05, 3.63) is 42.1 Å². The topological polar surface area (TPSA) is 12.9 Å². The van der Waals surface area contributed by atoms with Crippen molar-refractivity contribution in [2.75, 3.05) is 5.33 Å². The van der Waals surface area contributed by atoms with Crippen molar-refractivity contribution in [3.8, 4) is 0 Å². The molecular formula is C13H15Br2N. The first kappa shape index (κ1) is 13.7. The molecule has 0 N–H and O–H groups in total. The highest BCUT2D eigenvalue weighted by atomic mass is 79.9. The molecule has 1 nitrogen and oxygen atoms in total. The van der Waals surface area contributed by atoms with E-state index in [1.807, 2.05) is 12.3 Å². The van der Waals surface area contributed by atoms with Crippen LogP contribution >= 0.6 is 32.9 Å². The zero-order chi connectivity index (χ0) is 10.5. The summed E-state index contributed by atoms with van der Waals surface area (Å²) >= 11 is 3.46. The third kappa shape index (κ3) is 3.29. The molecule has 2 rings (SSSR count). The van der Waals surface area contributed by atoms with Crippen LogP contribution < -0.4 is 0 Å². The van der Waals surface area contributed by atoms with E-state index < -0.39 is 0 Å². The summed E-state index contributed by atoms with van der Waals surface area (Å²) in [7, 11) is 0. The van der Waals surface area contributed by atoms with Crippen LogP contribution in [0.1, 0.15) is 18.4 Å². The Bertz CT molecular complexity index is 437. The predicted octanol–water partition coefficient (Wildman–Crippen LogP) is 4.53. The van der Waals surface area contributed by atoms with E-state index in [0.29, 0.717) is 0 Å². The number of pyridine rings is 1. The first-order chi connectivity index (χ1) is 7.42. The zero-order valence-electron chi connectivity index (χ0n) is 9.03. The summed E-state index contributed by atoms with van der Waals surface area (Å²) in [6.45, 7) is 0. The highest BCUT2D eigenvalue weighted by Gasteiger charge is 2.00. The lowest BCUT2D eigenvalue weighted by Gasteiger charge is -2.04. The summed E-state index contributed by atoms with van der Waals surface area (Å²) in [6.07, 6.45) is 5.52. The van der Waals surface area contributed by atoms with Gasteiger partial charge in [-0.15, -0.1) is 17.0 Å². The first-order valence-electron chi connectivity index (χ1n) is 5.30. The molecule has 1 aromatic heterocycles. The van der Waals surface area contributed by atoms with E-state index in [0.717, 1.165) is 17.3 Å². The minimum Gasteiger partial charge on any atom is -0.256 e. The maximum atomic E-state index is 4.36. The number of alkyl halides is 1. The number of hydrogen-bond acceptors (Lipinski definition) is 1. The molecule has 2 aromatic rings. The molecule has 86 valence electrons. The number of fused-ring (bicyclic) bond motifs is 1. The van der Waals surface area contributed by atoms with Gasteiger partial charge in [0.25, 0.3) is 0 Å². The second-order valence-electron chi connectivity index (χ2n) is 3.63. The fraction of sp³-hybridized carbons (Fsp3) is 0.308. The number of benzene rings is 1. The molecule has 1 heterocycles. The number of rotatable bonds is 4. The minimum absolute atomic E-state index is 0. The van der Waals surface area contributed by atoms with Gasteiger partial charge in [0.05, 0.1) is 5.52 Å². The van der Waals surface area contributed by atoms with Crippen molar-refractivity contribution in [2.45, 2.75) is 19.3 Å². The van der Waals surface area contributed by atoms with Crippen LogP contribution in [0.2, 0.25) is 0 Å². The Morgan fingerprint density at radius 2 is 1.88 bits per heavy atom. The molecule has 0 aliphatic heterocycles. The van der Waals surface area contributed by atoms with Crippen LogP contribution in [-0.2, 0) is 6.42 Å². The Morgan fingerprint density at radius 1 is 1.06 bits per heavy atom. The maximum absolute atomic E-state index is 4.36. The molecule has 0 saturated heterocycles. The van der Waals surface area contributed by atoms with Crippen LogP contribution in [0.3, 0.4) is 0 Å². The molecule has 1 aromatic carbocycles. The predicted molar refractivity (Wildman–Crippen MR) is 78.8 cm³/mol. The molecule has 0 atom stereocenters. The van der Waals surface area contributed by atoms with E-state index in [9.17, 15) is 0 Å². The molecule has 3 heteroatoms. The van der Waals surface area contributed by atoms with Gasteiger partial charge >= 0.3 is 0 Å². The standard InChI is InChI=1S/C13H14BrN.BrH/c14-9-4-3-5-11-8-10-15-13-7-2-1-6-12(11)13;/h1-2,6-8,10H,3-5,9H2;1H. The van der Waals surface area contributed by atoms with Crippen molar-refractivity contribution in [1.29, 1.82) is 0 Å². The first-order valence-corrected chi connectivity index (χ1v) is 6.42. The summed E-state index contributed by atoms with van der Waals surface area (Å²) in [6, 6.07) is 10.5. The molecule has 0 aliphatic rings. The number of aromatic nitrogens is 1. The van der Waals surface area contributed by atoms with Crippen LogP contribution in [-0.4, -0.2) is 10.3 Å². The second kappa shape index (κ2) is 7.02. The summed E-state index contributed by atoms with van der Waals surface area (Å²) in [5.41, 5.74) is 2.52. The molecule has 0 bridgehead atoms. The van der Waals surface area contributed by atoms with Crippen LogP contribution in [0.5, 0.6) is 0 Å². The average Bonchev–Trinajstić information content (AvgIpc) is 2.30. The molecule has 0 fully saturated rings.